The van der Waals surface area contributed by atoms with Crippen molar-refractivity contribution in [1.82, 2.24) is 14.3 Å². The normalized spacial score (nSPS) is 10.7. The molecule has 0 spiro atoms. The Hall–Kier alpha value is -3.09. The fraction of sp³-hybridized carbons (Fsp3) is 0.0909. The molecule has 0 aliphatic carbocycles. The van der Waals surface area contributed by atoms with E-state index < -0.39 is 0 Å². The van der Waals surface area contributed by atoms with Crippen molar-refractivity contribution in [1.29, 1.82) is 0 Å². The lowest BCUT2D eigenvalue weighted by Crippen LogP contribution is -2.12. The third-order valence-corrected chi connectivity index (χ3v) is 5.13. The van der Waals surface area contributed by atoms with Crippen molar-refractivity contribution >= 4 is 35.2 Å². The molecule has 29 heavy (non-hydrogen) atoms. The molecule has 4 aromatic rings. The second-order valence-electron chi connectivity index (χ2n) is 6.44. The van der Waals surface area contributed by atoms with Crippen LogP contribution in [0, 0.1) is 4.77 Å². The zero-order valence-corrected chi connectivity index (χ0v) is 17.2. The van der Waals surface area contributed by atoms with Crippen molar-refractivity contribution in [3.63, 3.8) is 0 Å². The van der Waals surface area contributed by atoms with Gasteiger partial charge in [0, 0.05) is 22.0 Å². The Balaban J connectivity index is 1.64. The van der Waals surface area contributed by atoms with Crippen LogP contribution in [0.3, 0.4) is 0 Å². The molecule has 0 unspecified atom stereocenters. The van der Waals surface area contributed by atoms with Crippen LogP contribution < -0.4 is 10.6 Å². The number of nitrogens with one attached hydrogen (secondary N) is 2. The molecule has 2 N–H and O–H groups in total. The molecule has 0 bridgehead atoms. The highest BCUT2D eigenvalue weighted by Gasteiger charge is 2.13. The van der Waals surface area contributed by atoms with Gasteiger partial charge in [0.05, 0.1) is 6.67 Å². The predicted octanol–water partition coefficient (Wildman–Crippen LogP) is 5.87. The fourth-order valence-corrected chi connectivity index (χ4v) is 3.33. The first kappa shape index (κ1) is 19.2. The predicted molar refractivity (Wildman–Crippen MR) is 122 cm³/mol. The molecule has 0 saturated heterocycles. The van der Waals surface area contributed by atoms with Crippen LogP contribution in [0.1, 0.15) is 0 Å². The van der Waals surface area contributed by atoms with Gasteiger partial charge >= 0.3 is 0 Å². The van der Waals surface area contributed by atoms with Gasteiger partial charge in [-0.2, -0.15) is 0 Å². The number of halogens is 1. The minimum absolute atomic E-state index is 0.474. The molecule has 146 valence electrons. The lowest BCUT2D eigenvalue weighted by atomic mass is 10.2. The van der Waals surface area contributed by atoms with E-state index in [9.17, 15) is 0 Å². The molecule has 1 aromatic heterocycles. The van der Waals surface area contributed by atoms with Crippen LogP contribution in [0.5, 0.6) is 0 Å². The highest BCUT2D eigenvalue weighted by Crippen LogP contribution is 2.21. The first-order chi connectivity index (χ1) is 14.2. The van der Waals surface area contributed by atoms with Gasteiger partial charge in [0.25, 0.3) is 0 Å². The maximum absolute atomic E-state index is 6.06. The van der Waals surface area contributed by atoms with E-state index >= 15 is 0 Å². The van der Waals surface area contributed by atoms with E-state index in [1.54, 1.807) is 4.68 Å². The van der Waals surface area contributed by atoms with Gasteiger partial charge in [0.2, 0.25) is 4.77 Å². The Morgan fingerprint density at radius 3 is 1.90 bits per heavy atom. The quantitative estimate of drug-likeness (QED) is 0.366. The summed E-state index contributed by atoms with van der Waals surface area (Å²) in [6.45, 7) is 0.980. The van der Waals surface area contributed by atoms with E-state index in [4.69, 9.17) is 28.9 Å². The smallest absolute Gasteiger partial charge is 0.201 e. The lowest BCUT2D eigenvalue weighted by molar-refractivity contribution is 0.643. The first-order valence-corrected chi connectivity index (χ1v) is 10.0. The second kappa shape index (κ2) is 8.94. The van der Waals surface area contributed by atoms with E-state index in [1.807, 2.05) is 89.5 Å². The topological polar surface area (TPSA) is 46.8 Å². The van der Waals surface area contributed by atoms with Crippen molar-refractivity contribution in [2.75, 3.05) is 10.6 Å². The van der Waals surface area contributed by atoms with Crippen molar-refractivity contribution in [3.05, 3.63) is 94.7 Å². The maximum Gasteiger partial charge on any atom is 0.201 e. The van der Waals surface area contributed by atoms with Gasteiger partial charge in [-0.3, -0.25) is 4.57 Å². The first-order valence-electron chi connectivity index (χ1n) is 9.22. The minimum Gasteiger partial charge on any atom is -0.367 e. The molecule has 4 rings (SSSR count). The van der Waals surface area contributed by atoms with Crippen LogP contribution in [0.15, 0.2) is 84.9 Å². The zero-order chi connectivity index (χ0) is 20.1. The van der Waals surface area contributed by atoms with Gasteiger partial charge in [0.1, 0.15) is 6.67 Å². The molecule has 0 amide bonds. The number of anilines is 2. The largest absolute Gasteiger partial charge is 0.367 e. The summed E-state index contributed by atoms with van der Waals surface area (Å²) in [6, 6.07) is 27.6. The molecule has 0 saturated carbocycles. The summed E-state index contributed by atoms with van der Waals surface area (Å²) in [5.41, 5.74) is 2.99. The van der Waals surface area contributed by atoms with Crippen molar-refractivity contribution in [2.24, 2.45) is 0 Å². The number of para-hydroxylation sites is 2. The van der Waals surface area contributed by atoms with Crippen LogP contribution in [-0.4, -0.2) is 14.3 Å². The molecule has 0 aliphatic heterocycles. The Kier molecular flexibility index (Phi) is 5.93. The highest BCUT2D eigenvalue weighted by molar-refractivity contribution is 7.71. The molecule has 1 heterocycles. The van der Waals surface area contributed by atoms with Crippen LogP contribution in [0.25, 0.3) is 11.4 Å². The molecule has 0 fully saturated rings. The van der Waals surface area contributed by atoms with E-state index in [0.717, 1.165) is 22.8 Å². The Morgan fingerprint density at radius 2 is 1.31 bits per heavy atom. The van der Waals surface area contributed by atoms with E-state index in [1.165, 1.54) is 0 Å². The zero-order valence-electron chi connectivity index (χ0n) is 15.6. The molecule has 0 radical (unpaired) electrons. The van der Waals surface area contributed by atoms with Crippen LogP contribution in [0.4, 0.5) is 11.4 Å². The summed E-state index contributed by atoms with van der Waals surface area (Å²) in [5, 5.41) is 12.2. The van der Waals surface area contributed by atoms with E-state index in [2.05, 4.69) is 10.6 Å². The van der Waals surface area contributed by atoms with Gasteiger partial charge in [-0.05, 0) is 60.7 Å². The summed E-state index contributed by atoms with van der Waals surface area (Å²) in [5.74, 6) is 0.782. The van der Waals surface area contributed by atoms with Gasteiger partial charge in [-0.25, -0.2) is 4.68 Å². The molecule has 0 aliphatic rings. The third-order valence-electron chi connectivity index (χ3n) is 4.45. The molecule has 7 heteroatoms. The van der Waals surface area contributed by atoms with Gasteiger partial charge in [-0.1, -0.05) is 48.0 Å². The summed E-state index contributed by atoms with van der Waals surface area (Å²) in [6.07, 6.45) is 0. The van der Waals surface area contributed by atoms with Gasteiger partial charge in [0.15, 0.2) is 5.82 Å². The number of rotatable bonds is 7. The maximum atomic E-state index is 6.06. The number of nitrogens with zero attached hydrogens (tertiary/aromatic N) is 3. The monoisotopic (exact) mass is 421 g/mol. The molecule has 5 nitrogen and oxygen atoms in total. The molecular formula is C22H20ClN5S. The van der Waals surface area contributed by atoms with E-state index in [-0.39, 0.29) is 0 Å². The summed E-state index contributed by atoms with van der Waals surface area (Å²) >= 11 is 11.8. The van der Waals surface area contributed by atoms with Gasteiger partial charge < -0.3 is 10.6 Å². The third kappa shape index (κ3) is 4.67. The SMILES string of the molecule is S=c1n(CNc2ccccc2)nc(-c2ccc(Cl)cc2)n1CNc1ccccc1. The number of benzene rings is 3. The standard InChI is InChI=1S/C22H20ClN5S/c23-18-13-11-17(12-14-18)21-26-28(16-25-20-9-5-2-6-10-20)22(29)27(21)15-24-19-7-3-1-4-8-19/h1-14,24-25H,15-16H2. The van der Waals surface area contributed by atoms with Crippen LogP contribution in [-0.2, 0) is 13.3 Å². The van der Waals surface area contributed by atoms with Crippen molar-refractivity contribution in [3.8, 4) is 11.4 Å². The second-order valence-corrected chi connectivity index (χ2v) is 7.24. The summed E-state index contributed by atoms with van der Waals surface area (Å²) in [7, 11) is 0. The summed E-state index contributed by atoms with van der Waals surface area (Å²) in [4.78, 5) is 0. The fourth-order valence-electron chi connectivity index (χ4n) is 2.95. The lowest BCUT2D eigenvalue weighted by Gasteiger charge is -2.10. The average molecular weight is 422 g/mol. The Labute approximate surface area is 179 Å². The van der Waals surface area contributed by atoms with Gasteiger partial charge in [-0.15, -0.1) is 5.10 Å². The molecule has 0 atom stereocenters. The van der Waals surface area contributed by atoms with Crippen LogP contribution >= 0.6 is 23.8 Å². The molecule has 3 aromatic carbocycles. The number of hydrogen-bond donors (Lipinski definition) is 2. The Morgan fingerprint density at radius 1 is 0.759 bits per heavy atom. The Bertz CT molecular complexity index is 1120. The minimum atomic E-state index is 0.474. The number of aromatic nitrogens is 3. The summed E-state index contributed by atoms with van der Waals surface area (Å²) < 4.78 is 4.40. The molecular weight excluding hydrogens is 402 g/mol. The van der Waals surface area contributed by atoms with Crippen molar-refractivity contribution in [2.45, 2.75) is 13.3 Å². The average Bonchev–Trinajstić information content (AvgIpc) is 3.08. The van der Waals surface area contributed by atoms with E-state index in [0.29, 0.717) is 23.1 Å². The highest BCUT2D eigenvalue weighted by atomic mass is 35.5. The number of hydrogen-bond acceptors (Lipinski definition) is 4. The van der Waals surface area contributed by atoms with Crippen molar-refractivity contribution < 1.29 is 0 Å². The van der Waals surface area contributed by atoms with Crippen LogP contribution in [0.2, 0.25) is 5.02 Å².